The SMILES string of the molecule is CN(Cc1cnn(-c2ccccc2)c1)C(=O)CSc1nnc2ccccn12. The van der Waals surface area contributed by atoms with Gasteiger partial charge in [-0.15, -0.1) is 10.2 Å². The van der Waals surface area contributed by atoms with Crippen molar-refractivity contribution in [2.45, 2.75) is 11.7 Å². The first-order chi connectivity index (χ1) is 13.2. The number of benzene rings is 1. The maximum Gasteiger partial charge on any atom is 0.233 e. The van der Waals surface area contributed by atoms with Crippen molar-refractivity contribution in [3.8, 4) is 5.69 Å². The van der Waals surface area contributed by atoms with Gasteiger partial charge in [-0.1, -0.05) is 36.0 Å². The maximum atomic E-state index is 12.5. The van der Waals surface area contributed by atoms with Gasteiger partial charge in [-0.25, -0.2) is 4.68 Å². The van der Waals surface area contributed by atoms with E-state index in [9.17, 15) is 4.79 Å². The van der Waals surface area contributed by atoms with Gasteiger partial charge in [-0.2, -0.15) is 5.10 Å². The molecule has 0 atom stereocenters. The molecule has 0 unspecified atom stereocenters. The molecule has 27 heavy (non-hydrogen) atoms. The van der Waals surface area contributed by atoms with Crippen molar-refractivity contribution in [3.05, 3.63) is 72.7 Å². The highest BCUT2D eigenvalue weighted by atomic mass is 32.2. The van der Waals surface area contributed by atoms with Crippen LogP contribution in [0.25, 0.3) is 11.3 Å². The molecule has 0 fully saturated rings. The molecule has 3 aromatic heterocycles. The zero-order valence-corrected chi connectivity index (χ0v) is 15.6. The number of carbonyl (C=O) groups excluding carboxylic acids is 1. The second-order valence-corrected chi connectivity index (χ2v) is 7.02. The van der Waals surface area contributed by atoms with Crippen molar-refractivity contribution >= 4 is 23.3 Å². The molecule has 4 rings (SSSR count). The number of para-hydroxylation sites is 1. The number of amides is 1. The minimum Gasteiger partial charge on any atom is -0.341 e. The third-order valence-corrected chi connectivity index (χ3v) is 5.04. The zero-order valence-electron chi connectivity index (χ0n) is 14.8. The van der Waals surface area contributed by atoms with Crippen LogP contribution in [0.5, 0.6) is 0 Å². The molecule has 0 spiro atoms. The van der Waals surface area contributed by atoms with Crippen LogP contribution in [0, 0.1) is 0 Å². The van der Waals surface area contributed by atoms with E-state index in [2.05, 4.69) is 15.3 Å². The van der Waals surface area contributed by atoms with Gasteiger partial charge in [-0.05, 0) is 24.3 Å². The van der Waals surface area contributed by atoms with E-state index in [1.54, 1.807) is 18.1 Å². The lowest BCUT2D eigenvalue weighted by Gasteiger charge is -2.15. The highest BCUT2D eigenvalue weighted by molar-refractivity contribution is 7.99. The van der Waals surface area contributed by atoms with Gasteiger partial charge in [0.05, 0.1) is 17.6 Å². The van der Waals surface area contributed by atoms with Crippen LogP contribution in [0.1, 0.15) is 5.56 Å². The van der Waals surface area contributed by atoms with E-state index in [0.29, 0.717) is 17.5 Å². The molecule has 0 saturated carbocycles. The number of aromatic nitrogens is 5. The number of nitrogens with zero attached hydrogens (tertiary/aromatic N) is 6. The standard InChI is InChI=1S/C19H18N6OS/c1-23(12-15-11-20-25(13-15)16-7-3-2-4-8-16)18(26)14-27-19-22-21-17-9-5-6-10-24(17)19/h2-11,13H,12,14H2,1H3. The molecule has 0 aliphatic rings. The summed E-state index contributed by atoms with van der Waals surface area (Å²) in [5.74, 6) is 0.332. The van der Waals surface area contributed by atoms with Gasteiger partial charge in [0.15, 0.2) is 10.8 Å². The number of pyridine rings is 1. The van der Waals surface area contributed by atoms with Crippen LogP contribution in [-0.4, -0.2) is 48.0 Å². The molecule has 0 bridgehead atoms. The Hall–Kier alpha value is -3.13. The van der Waals surface area contributed by atoms with Gasteiger partial charge in [0.25, 0.3) is 0 Å². The summed E-state index contributed by atoms with van der Waals surface area (Å²) in [5, 5.41) is 13.3. The topological polar surface area (TPSA) is 68.3 Å². The molecule has 3 heterocycles. The molecular formula is C19H18N6OS. The average Bonchev–Trinajstić information content (AvgIpc) is 3.34. The largest absolute Gasteiger partial charge is 0.341 e. The van der Waals surface area contributed by atoms with E-state index < -0.39 is 0 Å². The van der Waals surface area contributed by atoms with Crippen LogP contribution in [0.2, 0.25) is 0 Å². The van der Waals surface area contributed by atoms with Gasteiger partial charge in [0.2, 0.25) is 5.91 Å². The lowest BCUT2D eigenvalue weighted by atomic mass is 10.3. The van der Waals surface area contributed by atoms with E-state index in [1.807, 2.05) is 70.0 Å². The number of thioether (sulfide) groups is 1. The lowest BCUT2D eigenvalue weighted by Crippen LogP contribution is -2.27. The lowest BCUT2D eigenvalue weighted by molar-refractivity contribution is -0.127. The number of carbonyl (C=O) groups is 1. The Morgan fingerprint density at radius 1 is 1.11 bits per heavy atom. The van der Waals surface area contributed by atoms with E-state index in [4.69, 9.17) is 0 Å². The molecule has 0 aliphatic carbocycles. The normalized spacial score (nSPS) is 11.0. The smallest absolute Gasteiger partial charge is 0.233 e. The van der Waals surface area contributed by atoms with E-state index in [-0.39, 0.29) is 5.91 Å². The Kier molecular flexibility index (Phi) is 4.88. The van der Waals surface area contributed by atoms with Gasteiger partial charge in [0, 0.05) is 31.5 Å². The highest BCUT2D eigenvalue weighted by Crippen LogP contribution is 2.17. The Morgan fingerprint density at radius 2 is 1.93 bits per heavy atom. The van der Waals surface area contributed by atoms with Crippen molar-refractivity contribution < 1.29 is 4.79 Å². The Bertz CT molecular complexity index is 1060. The third kappa shape index (κ3) is 3.85. The van der Waals surface area contributed by atoms with E-state index in [0.717, 1.165) is 16.9 Å². The molecular weight excluding hydrogens is 360 g/mol. The number of fused-ring (bicyclic) bond motifs is 1. The summed E-state index contributed by atoms with van der Waals surface area (Å²) in [4.78, 5) is 14.2. The first kappa shape index (κ1) is 17.3. The summed E-state index contributed by atoms with van der Waals surface area (Å²) in [6.45, 7) is 0.507. The van der Waals surface area contributed by atoms with Crippen LogP contribution < -0.4 is 0 Å². The van der Waals surface area contributed by atoms with Crippen molar-refractivity contribution in [2.24, 2.45) is 0 Å². The van der Waals surface area contributed by atoms with Gasteiger partial charge < -0.3 is 4.90 Å². The Balaban J connectivity index is 1.36. The van der Waals surface area contributed by atoms with Crippen molar-refractivity contribution in [1.82, 2.24) is 29.3 Å². The number of hydrogen-bond acceptors (Lipinski definition) is 5. The van der Waals surface area contributed by atoms with Gasteiger partial charge >= 0.3 is 0 Å². The Labute approximate surface area is 160 Å². The first-order valence-corrected chi connectivity index (χ1v) is 9.45. The summed E-state index contributed by atoms with van der Waals surface area (Å²) in [7, 11) is 1.80. The summed E-state index contributed by atoms with van der Waals surface area (Å²) in [6, 6.07) is 15.6. The molecule has 4 aromatic rings. The number of hydrogen-bond donors (Lipinski definition) is 0. The first-order valence-electron chi connectivity index (χ1n) is 8.46. The molecule has 0 saturated heterocycles. The summed E-state index contributed by atoms with van der Waals surface area (Å²) in [6.07, 6.45) is 5.62. The van der Waals surface area contributed by atoms with Gasteiger partial charge in [0.1, 0.15) is 0 Å². The van der Waals surface area contributed by atoms with Crippen LogP contribution in [-0.2, 0) is 11.3 Å². The van der Waals surface area contributed by atoms with Gasteiger partial charge in [-0.3, -0.25) is 9.20 Å². The van der Waals surface area contributed by atoms with Crippen molar-refractivity contribution in [2.75, 3.05) is 12.8 Å². The quantitative estimate of drug-likeness (QED) is 0.483. The van der Waals surface area contributed by atoms with Crippen LogP contribution in [0.4, 0.5) is 0 Å². The van der Waals surface area contributed by atoms with E-state index in [1.165, 1.54) is 11.8 Å². The van der Waals surface area contributed by atoms with Crippen LogP contribution in [0.15, 0.2) is 72.3 Å². The fourth-order valence-corrected chi connectivity index (χ4v) is 3.55. The summed E-state index contributed by atoms with van der Waals surface area (Å²) >= 11 is 1.38. The van der Waals surface area contributed by atoms with Crippen molar-refractivity contribution in [1.29, 1.82) is 0 Å². The molecule has 1 aromatic carbocycles. The third-order valence-electron chi connectivity index (χ3n) is 4.11. The fraction of sp³-hybridized carbons (Fsp3) is 0.158. The highest BCUT2D eigenvalue weighted by Gasteiger charge is 2.13. The monoisotopic (exact) mass is 378 g/mol. The van der Waals surface area contributed by atoms with Crippen LogP contribution in [0.3, 0.4) is 0 Å². The van der Waals surface area contributed by atoms with Crippen molar-refractivity contribution in [3.63, 3.8) is 0 Å². The number of rotatable bonds is 6. The molecule has 136 valence electrons. The molecule has 1 amide bonds. The Morgan fingerprint density at radius 3 is 2.78 bits per heavy atom. The van der Waals surface area contributed by atoms with Crippen LogP contribution >= 0.6 is 11.8 Å². The molecule has 0 radical (unpaired) electrons. The average molecular weight is 378 g/mol. The second-order valence-electron chi connectivity index (χ2n) is 6.08. The zero-order chi connectivity index (χ0) is 18.6. The molecule has 0 N–H and O–H groups in total. The molecule has 8 heteroatoms. The molecule has 7 nitrogen and oxygen atoms in total. The maximum absolute atomic E-state index is 12.5. The van der Waals surface area contributed by atoms with E-state index >= 15 is 0 Å². The predicted octanol–water partition coefficient (Wildman–Crippen LogP) is 2.67. The minimum atomic E-state index is 0.0279. The fourth-order valence-electron chi connectivity index (χ4n) is 2.68. The summed E-state index contributed by atoms with van der Waals surface area (Å²) < 4.78 is 3.69. The summed E-state index contributed by atoms with van der Waals surface area (Å²) in [5.41, 5.74) is 2.74. The predicted molar refractivity (Wildman–Crippen MR) is 104 cm³/mol. The minimum absolute atomic E-state index is 0.0279. The molecule has 0 aliphatic heterocycles. The second kappa shape index (κ2) is 7.63.